The predicted octanol–water partition coefficient (Wildman–Crippen LogP) is 4.96. The van der Waals surface area contributed by atoms with E-state index in [9.17, 15) is 0 Å². The summed E-state index contributed by atoms with van der Waals surface area (Å²) >= 11 is 0. The normalized spacial score (nSPS) is 10.7. The highest BCUT2D eigenvalue weighted by Gasteiger charge is 2.06. The summed E-state index contributed by atoms with van der Waals surface area (Å²) in [4.78, 5) is 8.97. The van der Waals surface area contributed by atoms with E-state index in [0.717, 1.165) is 22.2 Å². The van der Waals surface area contributed by atoms with Crippen molar-refractivity contribution in [2.75, 3.05) is 0 Å². The maximum absolute atomic E-state index is 4.64. The van der Waals surface area contributed by atoms with Crippen molar-refractivity contribution in [3.8, 4) is 22.4 Å². The summed E-state index contributed by atoms with van der Waals surface area (Å²) in [5.74, 6) is 0. The zero-order valence-corrected chi connectivity index (χ0v) is 12.0. The first kappa shape index (κ1) is 12.7. The van der Waals surface area contributed by atoms with Crippen LogP contribution in [0.1, 0.15) is 0 Å². The van der Waals surface area contributed by atoms with Crippen molar-refractivity contribution in [3.05, 3.63) is 85.3 Å². The molecule has 0 saturated carbocycles. The van der Waals surface area contributed by atoms with Gasteiger partial charge in [0.05, 0.1) is 5.69 Å². The molecule has 0 amide bonds. The van der Waals surface area contributed by atoms with Gasteiger partial charge in [-0.25, -0.2) is 0 Å². The van der Waals surface area contributed by atoms with Crippen LogP contribution in [0.15, 0.2) is 85.3 Å². The summed E-state index contributed by atoms with van der Waals surface area (Å²) in [7, 11) is 0. The molecule has 0 saturated heterocycles. The van der Waals surface area contributed by atoms with Gasteiger partial charge in [-0.1, -0.05) is 60.7 Å². The average Bonchev–Trinajstić information content (AvgIpc) is 2.62. The van der Waals surface area contributed by atoms with E-state index in [1.807, 2.05) is 48.9 Å². The molecule has 0 spiro atoms. The summed E-state index contributed by atoms with van der Waals surface area (Å²) < 4.78 is 0. The summed E-state index contributed by atoms with van der Waals surface area (Å²) in [5, 5.41) is 2.31. The van der Waals surface area contributed by atoms with Crippen molar-refractivity contribution in [1.82, 2.24) is 9.97 Å². The number of pyridine rings is 2. The van der Waals surface area contributed by atoms with Gasteiger partial charge in [0.25, 0.3) is 0 Å². The van der Waals surface area contributed by atoms with Crippen molar-refractivity contribution in [2.45, 2.75) is 0 Å². The van der Waals surface area contributed by atoms with Crippen LogP contribution in [0.5, 0.6) is 0 Å². The lowest BCUT2D eigenvalue weighted by Gasteiger charge is -2.07. The largest absolute Gasteiger partial charge is 0.263 e. The van der Waals surface area contributed by atoms with Gasteiger partial charge in [-0.2, -0.15) is 0 Å². The van der Waals surface area contributed by atoms with E-state index in [4.69, 9.17) is 0 Å². The Balaban J connectivity index is 1.80. The molecule has 2 nitrogen and oxygen atoms in total. The van der Waals surface area contributed by atoms with Gasteiger partial charge in [0, 0.05) is 35.1 Å². The van der Waals surface area contributed by atoms with Gasteiger partial charge in [0.15, 0.2) is 0 Å². The van der Waals surface area contributed by atoms with E-state index in [1.165, 1.54) is 10.9 Å². The van der Waals surface area contributed by atoms with E-state index in [0.29, 0.717) is 0 Å². The fourth-order valence-electron chi connectivity index (χ4n) is 2.68. The molecular formula is C20H14N2. The molecule has 4 aromatic rings. The summed E-state index contributed by atoms with van der Waals surface area (Å²) in [5.41, 5.74) is 4.32. The Hall–Kier alpha value is -3.00. The first-order valence-electron chi connectivity index (χ1n) is 7.26. The Morgan fingerprint density at radius 3 is 2.23 bits per heavy atom. The molecule has 0 bridgehead atoms. The summed E-state index contributed by atoms with van der Waals surface area (Å²) in [6.07, 6.45) is 5.69. The molecule has 0 atom stereocenters. The Bertz CT molecular complexity index is 908. The minimum atomic E-state index is 0.948. The Labute approximate surface area is 129 Å². The van der Waals surface area contributed by atoms with Gasteiger partial charge in [0.1, 0.15) is 0 Å². The van der Waals surface area contributed by atoms with E-state index >= 15 is 0 Å². The highest BCUT2D eigenvalue weighted by atomic mass is 14.7. The molecule has 0 radical (unpaired) electrons. The molecule has 0 aliphatic heterocycles. The third-order valence-electron chi connectivity index (χ3n) is 3.81. The minimum Gasteiger partial charge on any atom is -0.263 e. The molecule has 4 rings (SSSR count). The van der Waals surface area contributed by atoms with Crippen LogP contribution >= 0.6 is 0 Å². The second-order valence-corrected chi connectivity index (χ2v) is 5.21. The second kappa shape index (κ2) is 5.41. The number of nitrogens with zero attached hydrogens (tertiary/aromatic N) is 2. The second-order valence-electron chi connectivity index (χ2n) is 5.21. The molecule has 0 unspecified atom stereocenters. The molecule has 2 heterocycles. The Morgan fingerprint density at radius 2 is 1.41 bits per heavy atom. The predicted molar refractivity (Wildman–Crippen MR) is 90.4 cm³/mol. The lowest BCUT2D eigenvalue weighted by molar-refractivity contribution is 1.30. The van der Waals surface area contributed by atoms with Crippen LogP contribution in [-0.2, 0) is 0 Å². The quantitative estimate of drug-likeness (QED) is 0.519. The average molecular weight is 282 g/mol. The van der Waals surface area contributed by atoms with Crippen molar-refractivity contribution >= 4 is 10.8 Å². The molecule has 2 aromatic carbocycles. The summed E-state index contributed by atoms with van der Waals surface area (Å²) in [6.45, 7) is 0. The molecule has 22 heavy (non-hydrogen) atoms. The van der Waals surface area contributed by atoms with Gasteiger partial charge >= 0.3 is 0 Å². The number of hydrogen-bond donors (Lipinski definition) is 0. The third kappa shape index (κ3) is 2.25. The van der Waals surface area contributed by atoms with Gasteiger partial charge in [-0.15, -0.1) is 0 Å². The molecule has 0 aliphatic rings. The third-order valence-corrected chi connectivity index (χ3v) is 3.81. The zero-order valence-electron chi connectivity index (χ0n) is 12.0. The van der Waals surface area contributed by atoms with Crippen LogP contribution in [0.4, 0.5) is 0 Å². The molecule has 0 aliphatic carbocycles. The highest BCUT2D eigenvalue weighted by molar-refractivity contribution is 5.94. The van der Waals surface area contributed by atoms with Crippen molar-refractivity contribution in [2.24, 2.45) is 0 Å². The monoisotopic (exact) mass is 282 g/mol. The topological polar surface area (TPSA) is 25.8 Å². The lowest BCUT2D eigenvalue weighted by Crippen LogP contribution is -1.88. The van der Waals surface area contributed by atoms with Crippen LogP contribution in [0.2, 0.25) is 0 Å². The Morgan fingerprint density at radius 1 is 0.591 bits per heavy atom. The number of aromatic nitrogens is 2. The molecule has 0 fully saturated rings. The molecule has 2 heteroatoms. The standard InChI is InChI=1S/C20H14N2/c1-2-6-15(7-3-1)16-10-11-20(22-13-16)19-14-21-12-17-8-4-5-9-18(17)19/h1-14H. The number of benzene rings is 2. The number of rotatable bonds is 2. The molecule has 104 valence electrons. The van der Waals surface area contributed by atoms with E-state index in [1.54, 1.807) is 0 Å². The van der Waals surface area contributed by atoms with Crippen LogP contribution in [0.25, 0.3) is 33.2 Å². The van der Waals surface area contributed by atoms with E-state index in [-0.39, 0.29) is 0 Å². The van der Waals surface area contributed by atoms with E-state index < -0.39 is 0 Å². The van der Waals surface area contributed by atoms with Crippen LogP contribution in [-0.4, -0.2) is 9.97 Å². The van der Waals surface area contributed by atoms with Gasteiger partial charge in [0.2, 0.25) is 0 Å². The zero-order chi connectivity index (χ0) is 14.8. The first-order valence-corrected chi connectivity index (χ1v) is 7.26. The molecule has 0 N–H and O–H groups in total. The fraction of sp³-hybridized carbons (Fsp3) is 0. The SMILES string of the molecule is c1ccc(-c2ccc(-c3cncc4ccccc34)nc2)cc1. The Kier molecular flexibility index (Phi) is 3.13. The molecular weight excluding hydrogens is 268 g/mol. The van der Waals surface area contributed by atoms with Gasteiger partial charge in [-0.05, 0) is 17.0 Å². The minimum absolute atomic E-state index is 0.948. The van der Waals surface area contributed by atoms with Crippen molar-refractivity contribution in [1.29, 1.82) is 0 Å². The van der Waals surface area contributed by atoms with Gasteiger partial charge < -0.3 is 0 Å². The maximum atomic E-state index is 4.64. The summed E-state index contributed by atoms with van der Waals surface area (Å²) in [6, 6.07) is 22.7. The van der Waals surface area contributed by atoms with Crippen LogP contribution in [0, 0.1) is 0 Å². The highest BCUT2D eigenvalue weighted by Crippen LogP contribution is 2.27. The van der Waals surface area contributed by atoms with Crippen molar-refractivity contribution in [3.63, 3.8) is 0 Å². The fourth-order valence-corrected chi connectivity index (χ4v) is 2.68. The number of hydrogen-bond acceptors (Lipinski definition) is 2. The van der Waals surface area contributed by atoms with Gasteiger partial charge in [-0.3, -0.25) is 9.97 Å². The maximum Gasteiger partial charge on any atom is 0.0724 e. The van der Waals surface area contributed by atoms with E-state index in [2.05, 4.69) is 46.4 Å². The smallest absolute Gasteiger partial charge is 0.0724 e. The van der Waals surface area contributed by atoms with Crippen LogP contribution < -0.4 is 0 Å². The molecule has 2 aromatic heterocycles. The lowest BCUT2D eigenvalue weighted by atomic mass is 10.0. The van der Waals surface area contributed by atoms with Crippen LogP contribution in [0.3, 0.4) is 0 Å². The first-order chi connectivity index (χ1) is 10.9. The number of fused-ring (bicyclic) bond motifs is 1. The van der Waals surface area contributed by atoms with Crippen molar-refractivity contribution < 1.29 is 0 Å².